The highest BCUT2D eigenvalue weighted by Crippen LogP contribution is 2.17. The van der Waals surface area contributed by atoms with E-state index in [4.69, 9.17) is 5.11 Å². The molecule has 0 saturated heterocycles. The minimum Gasteiger partial charge on any atom is -0.392 e. The lowest BCUT2D eigenvalue weighted by atomic mass is 10.00. The number of nitroso groups, excluding NO2 is 1. The third-order valence-electron chi connectivity index (χ3n) is 2.17. The van der Waals surface area contributed by atoms with Gasteiger partial charge in [0, 0.05) is 0 Å². The molecule has 0 fully saturated rings. The predicted octanol–water partition coefficient (Wildman–Crippen LogP) is 2.06. The molecule has 0 spiro atoms. The van der Waals surface area contributed by atoms with Crippen molar-refractivity contribution >= 4 is 0 Å². The van der Waals surface area contributed by atoms with Gasteiger partial charge in [0.05, 0.1) is 6.61 Å². The van der Waals surface area contributed by atoms with Crippen LogP contribution >= 0.6 is 0 Å². The average Bonchev–Trinajstić information content (AvgIpc) is 2.11. The number of rotatable bonds is 3. The fourth-order valence-corrected chi connectivity index (χ4v) is 1.41. The highest BCUT2D eigenvalue weighted by molar-refractivity contribution is 5.37. The predicted molar refractivity (Wildman–Crippen MR) is 51.3 cm³/mol. The van der Waals surface area contributed by atoms with Crippen molar-refractivity contribution in [1.82, 2.24) is 0 Å². The van der Waals surface area contributed by atoms with Gasteiger partial charge in [-0.15, -0.1) is 0 Å². The zero-order valence-electron chi connectivity index (χ0n) is 7.87. The molecule has 1 aromatic carbocycles. The fourth-order valence-electron chi connectivity index (χ4n) is 1.41. The molecule has 0 aliphatic heterocycles. The number of aliphatic hydroxyl groups excluding tert-OH is 1. The van der Waals surface area contributed by atoms with Gasteiger partial charge in [-0.2, -0.15) is 4.91 Å². The van der Waals surface area contributed by atoms with Crippen LogP contribution in [0.3, 0.4) is 0 Å². The van der Waals surface area contributed by atoms with Crippen LogP contribution in [0.2, 0.25) is 0 Å². The molecule has 1 N–H and O–H groups in total. The van der Waals surface area contributed by atoms with Gasteiger partial charge in [-0.25, -0.2) is 0 Å². The minimum atomic E-state index is 0.0133. The van der Waals surface area contributed by atoms with E-state index in [1.165, 1.54) is 0 Å². The molecule has 0 atom stereocenters. The summed E-state index contributed by atoms with van der Waals surface area (Å²) >= 11 is 0. The molecule has 0 aliphatic carbocycles. The number of nitrogens with zero attached hydrogens (tertiary/aromatic N) is 1. The lowest BCUT2D eigenvalue weighted by Crippen LogP contribution is -1.96. The summed E-state index contributed by atoms with van der Waals surface area (Å²) in [6.45, 7) is 4.03. The molecule has 0 unspecified atom stereocenters. The van der Waals surface area contributed by atoms with Gasteiger partial charge in [0.1, 0.15) is 6.54 Å². The normalized spacial score (nSPS) is 10.1. The van der Waals surface area contributed by atoms with Crippen LogP contribution in [0.4, 0.5) is 0 Å². The molecular formula is C10H13NO2. The Balaban J connectivity index is 3.18. The maximum atomic E-state index is 10.1. The zero-order valence-corrected chi connectivity index (χ0v) is 7.87. The van der Waals surface area contributed by atoms with E-state index in [1.807, 2.05) is 26.0 Å². The minimum absolute atomic E-state index is 0.0133. The second-order valence-corrected chi connectivity index (χ2v) is 3.15. The SMILES string of the molecule is Cc1cc(CO)c(C)c(CN=O)c1. The van der Waals surface area contributed by atoms with Crippen LogP contribution in [0, 0.1) is 18.8 Å². The van der Waals surface area contributed by atoms with E-state index in [0.29, 0.717) is 0 Å². The Bertz CT molecular complexity index is 321. The van der Waals surface area contributed by atoms with E-state index >= 15 is 0 Å². The van der Waals surface area contributed by atoms with Crippen molar-refractivity contribution < 1.29 is 5.11 Å². The molecular weight excluding hydrogens is 166 g/mol. The number of hydrogen-bond donors (Lipinski definition) is 1. The Kier molecular flexibility index (Phi) is 3.14. The highest BCUT2D eigenvalue weighted by atomic mass is 16.3. The standard InChI is InChI=1S/C10H13NO2/c1-7-3-9(5-11-13)8(2)10(4-7)6-12/h3-4,12H,5-6H2,1-2H3. The van der Waals surface area contributed by atoms with E-state index in [1.54, 1.807) is 0 Å². The Morgan fingerprint density at radius 3 is 2.46 bits per heavy atom. The van der Waals surface area contributed by atoms with Crippen molar-refractivity contribution in [3.63, 3.8) is 0 Å². The van der Waals surface area contributed by atoms with Crippen molar-refractivity contribution in [1.29, 1.82) is 0 Å². The van der Waals surface area contributed by atoms with Crippen molar-refractivity contribution in [2.45, 2.75) is 27.0 Å². The summed E-state index contributed by atoms with van der Waals surface area (Å²) in [5.74, 6) is 0. The third kappa shape index (κ3) is 2.12. The van der Waals surface area contributed by atoms with Crippen LogP contribution in [-0.2, 0) is 13.2 Å². The summed E-state index contributed by atoms with van der Waals surface area (Å²) < 4.78 is 0. The first-order chi connectivity index (χ1) is 6.19. The highest BCUT2D eigenvalue weighted by Gasteiger charge is 2.04. The first-order valence-corrected chi connectivity index (χ1v) is 4.18. The molecule has 0 amide bonds. The van der Waals surface area contributed by atoms with Crippen LogP contribution in [0.15, 0.2) is 17.3 Å². The van der Waals surface area contributed by atoms with Crippen LogP contribution in [0.5, 0.6) is 0 Å². The second-order valence-electron chi connectivity index (χ2n) is 3.15. The molecule has 70 valence electrons. The van der Waals surface area contributed by atoms with Crippen LogP contribution in [0.25, 0.3) is 0 Å². The number of hydrogen-bond acceptors (Lipinski definition) is 3. The summed E-state index contributed by atoms with van der Waals surface area (Å²) in [5.41, 5.74) is 3.79. The van der Waals surface area contributed by atoms with Gasteiger partial charge in [-0.05, 0) is 30.5 Å². The quantitative estimate of drug-likeness (QED) is 0.722. The summed E-state index contributed by atoms with van der Waals surface area (Å²) in [5, 5.41) is 11.9. The Morgan fingerprint density at radius 1 is 1.31 bits per heavy atom. The topological polar surface area (TPSA) is 49.7 Å². The van der Waals surface area contributed by atoms with E-state index in [0.717, 1.165) is 22.3 Å². The van der Waals surface area contributed by atoms with Crippen molar-refractivity contribution in [2.75, 3.05) is 0 Å². The van der Waals surface area contributed by atoms with Crippen LogP contribution in [0.1, 0.15) is 22.3 Å². The van der Waals surface area contributed by atoms with Crippen molar-refractivity contribution in [3.05, 3.63) is 39.3 Å². The Morgan fingerprint density at radius 2 is 1.92 bits per heavy atom. The van der Waals surface area contributed by atoms with Gasteiger partial charge in [0.15, 0.2) is 0 Å². The molecule has 0 radical (unpaired) electrons. The van der Waals surface area contributed by atoms with Crippen molar-refractivity contribution in [2.24, 2.45) is 5.18 Å². The maximum absolute atomic E-state index is 10.1. The summed E-state index contributed by atoms with van der Waals surface area (Å²) in [4.78, 5) is 10.1. The molecule has 0 bridgehead atoms. The third-order valence-corrected chi connectivity index (χ3v) is 2.17. The second kappa shape index (κ2) is 4.14. The van der Waals surface area contributed by atoms with Crippen LogP contribution in [-0.4, -0.2) is 5.11 Å². The first-order valence-electron chi connectivity index (χ1n) is 4.18. The van der Waals surface area contributed by atoms with E-state index < -0.39 is 0 Å². The first kappa shape index (κ1) is 9.86. The lowest BCUT2D eigenvalue weighted by Gasteiger charge is -2.08. The fraction of sp³-hybridized carbons (Fsp3) is 0.400. The van der Waals surface area contributed by atoms with Gasteiger partial charge in [0.2, 0.25) is 0 Å². The maximum Gasteiger partial charge on any atom is 0.106 e. The molecule has 3 nitrogen and oxygen atoms in total. The summed E-state index contributed by atoms with van der Waals surface area (Å²) in [7, 11) is 0. The van der Waals surface area contributed by atoms with Gasteiger partial charge in [-0.3, -0.25) is 0 Å². The lowest BCUT2D eigenvalue weighted by molar-refractivity contribution is 0.281. The Hall–Kier alpha value is -1.22. The van der Waals surface area contributed by atoms with Gasteiger partial charge in [0.25, 0.3) is 0 Å². The van der Waals surface area contributed by atoms with Crippen molar-refractivity contribution in [3.8, 4) is 0 Å². The number of benzene rings is 1. The van der Waals surface area contributed by atoms with Gasteiger partial charge < -0.3 is 5.11 Å². The molecule has 0 aliphatic rings. The smallest absolute Gasteiger partial charge is 0.106 e. The van der Waals surface area contributed by atoms with Crippen LogP contribution < -0.4 is 0 Å². The molecule has 1 aromatic rings. The van der Waals surface area contributed by atoms with E-state index in [2.05, 4.69) is 5.18 Å². The number of aryl methyl sites for hydroxylation is 1. The van der Waals surface area contributed by atoms with E-state index in [9.17, 15) is 4.91 Å². The molecule has 3 heteroatoms. The van der Waals surface area contributed by atoms with Gasteiger partial charge in [-0.1, -0.05) is 22.9 Å². The van der Waals surface area contributed by atoms with E-state index in [-0.39, 0.29) is 13.2 Å². The zero-order chi connectivity index (χ0) is 9.84. The largest absolute Gasteiger partial charge is 0.392 e. The summed E-state index contributed by atoms with van der Waals surface area (Å²) in [6.07, 6.45) is 0. The molecule has 0 heterocycles. The number of aliphatic hydroxyl groups is 1. The summed E-state index contributed by atoms with van der Waals surface area (Å²) in [6, 6.07) is 3.85. The Labute approximate surface area is 77.4 Å². The average molecular weight is 179 g/mol. The molecule has 1 rings (SSSR count). The molecule has 0 aromatic heterocycles. The van der Waals surface area contributed by atoms with Gasteiger partial charge >= 0.3 is 0 Å². The molecule has 13 heavy (non-hydrogen) atoms. The monoisotopic (exact) mass is 179 g/mol. The molecule has 0 saturated carbocycles.